The van der Waals surface area contributed by atoms with E-state index in [1.807, 2.05) is 44.0 Å². The number of nitrogens with zero attached hydrogens (tertiary/aromatic N) is 2. The number of carbonyl (C=O) groups is 1. The Morgan fingerprint density at radius 2 is 2.16 bits per heavy atom. The van der Waals surface area contributed by atoms with Crippen LogP contribution in [0.15, 0.2) is 54.3 Å². The van der Waals surface area contributed by atoms with E-state index in [9.17, 15) is 19.6 Å². The summed E-state index contributed by atoms with van der Waals surface area (Å²) in [5.74, 6) is -0.680. The largest absolute Gasteiger partial charge is 0.394 e. The number of hydrogen-bond acceptors (Lipinski definition) is 7. The molecule has 1 aromatic carbocycles. The number of aliphatic hydroxyl groups is 1. The van der Waals surface area contributed by atoms with Gasteiger partial charge in [-0.15, -0.1) is 11.3 Å². The number of halogens is 1. The van der Waals surface area contributed by atoms with E-state index in [1.54, 1.807) is 24.4 Å². The van der Waals surface area contributed by atoms with Gasteiger partial charge in [0.25, 0.3) is 5.91 Å². The molecule has 4 rings (SSSR count). The quantitative estimate of drug-likeness (QED) is 0.420. The van der Waals surface area contributed by atoms with Crippen LogP contribution in [0.5, 0.6) is 0 Å². The fourth-order valence-corrected chi connectivity index (χ4v) is 5.54. The monoisotopic (exact) mass is 533 g/mol. The molecule has 1 saturated heterocycles. The predicted molar refractivity (Wildman–Crippen MR) is 150 cm³/mol. The lowest BCUT2D eigenvalue weighted by Crippen LogP contribution is -2.46. The van der Waals surface area contributed by atoms with Gasteiger partial charge in [0.2, 0.25) is 0 Å². The summed E-state index contributed by atoms with van der Waals surface area (Å²) in [5.41, 5.74) is 2.37. The zero-order valence-corrected chi connectivity index (χ0v) is 22.6. The molecule has 0 spiro atoms. The number of carbonyl (C=O) groups excluding carboxylic acids is 1. The number of hydrogen-bond donors (Lipinski definition) is 4. The summed E-state index contributed by atoms with van der Waals surface area (Å²) < 4.78 is 14.6. The molecule has 0 bridgehead atoms. The number of nitrogens with one attached hydrogen (secondary N) is 3. The van der Waals surface area contributed by atoms with Gasteiger partial charge >= 0.3 is 0 Å². The van der Waals surface area contributed by atoms with Crippen LogP contribution >= 0.6 is 11.3 Å². The molecule has 198 valence electrons. The highest BCUT2D eigenvalue weighted by Gasteiger charge is 2.27. The van der Waals surface area contributed by atoms with E-state index in [1.165, 1.54) is 23.5 Å². The van der Waals surface area contributed by atoms with Crippen LogP contribution in [0.3, 0.4) is 0 Å². The number of allylic oxidation sites excluding steroid dienone is 5. The lowest BCUT2D eigenvalue weighted by atomic mass is 9.95. The standard InChI is InChI=1S/C29H32FN5O2S/c1-29(2,17-36)34-15-21-11-19(8-9-25(21)32)27-23(18-6-7-20(14-31)24(30)12-18)13-26(38-27)28(37)35-10-4-5-22(16-35)33-3/h6-9,11-13,15,22,32-34,36H,4-5,10,16-17H2,1-3H3/b21-15-,32-25?. The first-order valence-corrected chi connectivity index (χ1v) is 13.4. The summed E-state index contributed by atoms with van der Waals surface area (Å²) in [7, 11) is 1.90. The summed E-state index contributed by atoms with van der Waals surface area (Å²) in [4.78, 5) is 16.7. The summed E-state index contributed by atoms with van der Waals surface area (Å²) in [5, 5.41) is 33.5. The van der Waals surface area contributed by atoms with Crippen molar-refractivity contribution < 1.29 is 14.3 Å². The molecule has 2 aromatic rings. The fraction of sp³-hybridized carbons (Fsp3) is 0.345. The van der Waals surface area contributed by atoms with Crippen LogP contribution < -0.4 is 10.6 Å². The number of aliphatic hydroxyl groups excluding tert-OH is 1. The van der Waals surface area contributed by atoms with E-state index in [4.69, 9.17) is 5.41 Å². The number of piperidine rings is 1. The second kappa shape index (κ2) is 11.4. The highest BCUT2D eigenvalue weighted by Crippen LogP contribution is 2.40. The van der Waals surface area contributed by atoms with Gasteiger partial charge in [0.15, 0.2) is 0 Å². The van der Waals surface area contributed by atoms with Crippen LogP contribution in [-0.4, -0.2) is 60.0 Å². The van der Waals surface area contributed by atoms with Crippen molar-refractivity contribution in [2.75, 3.05) is 26.7 Å². The van der Waals surface area contributed by atoms with E-state index < -0.39 is 11.4 Å². The molecule has 9 heteroatoms. The molecule has 1 aromatic heterocycles. The first-order valence-electron chi connectivity index (χ1n) is 12.5. The van der Waals surface area contributed by atoms with Crippen LogP contribution in [0.4, 0.5) is 4.39 Å². The van der Waals surface area contributed by atoms with E-state index >= 15 is 0 Å². The number of likely N-dealkylation sites (N-methyl/N-ethyl adjacent to an activating group) is 1. The molecule has 1 aliphatic carbocycles. The Kier molecular flexibility index (Phi) is 8.26. The van der Waals surface area contributed by atoms with Crippen LogP contribution in [0.2, 0.25) is 0 Å². The number of benzene rings is 1. The average molecular weight is 534 g/mol. The second-order valence-corrected chi connectivity index (χ2v) is 11.2. The Balaban J connectivity index is 1.78. The summed E-state index contributed by atoms with van der Waals surface area (Å²) in [6, 6.07) is 8.37. The van der Waals surface area contributed by atoms with E-state index in [2.05, 4.69) is 10.6 Å². The first kappa shape index (κ1) is 27.5. The third-order valence-corrected chi connectivity index (χ3v) is 7.96. The van der Waals surface area contributed by atoms with Gasteiger partial charge in [-0.3, -0.25) is 4.79 Å². The lowest BCUT2D eigenvalue weighted by molar-refractivity contribution is 0.0703. The van der Waals surface area contributed by atoms with Gasteiger partial charge in [0.1, 0.15) is 11.9 Å². The van der Waals surface area contributed by atoms with Gasteiger partial charge in [-0.1, -0.05) is 12.1 Å². The zero-order valence-electron chi connectivity index (χ0n) is 21.8. The minimum atomic E-state index is -0.617. The van der Waals surface area contributed by atoms with Gasteiger partial charge < -0.3 is 26.0 Å². The molecule has 38 heavy (non-hydrogen) atoms. The normalized spacial score (nSPS) is 18.9. The van der Waals surface area contributed by atoms with Crippen molar-refractivity contribution in [2.45, 2.75) is 38.3 Å². The molecule has 1 unspecified atom stereocenters. The van der Waals surface area contributed by atoms with Gasteiger partial charge in [-0.2, -0.15) is 5.26 Å². The number of amides is 1. The van der Waals surface area contributed by atoms with Gasteiger partial charge in [-0.05, 0) is 75.2 Å². The molecule has 7 nitrogen and oxygen atoms in total. The van der Waals surface area contributed by atoms with Crippen LogP contribution in [0.1, 0.15) is 46.8 Å². The number of thiophene rings is 1. The van der Waals surface area contributed by atoms with E-state index in [0.717, 1.165) is 23.3 Å². The number of nitriles is 1. The molecule has 1 fully saturated rings. The molecule has 4 N–H and O–H groups in total. The topological polar surface area (TPSA) is 112 Å². The third-order valence-electron chi connectivity index (χ3n) is 6.79. The third kappa shape index (κ3) is 5.94. The van der Waals surface area contributed by atoms with Gasteiger partial charge in [-0.25, -0.2) is 4.39 Å². The lowest BCUT2D eigenvalue weighted by Gasteiger charge is -2.32. The molecule has 0 radical (unpaired) electrons. The van der Waals surface area contributed by atoms with Crippen LogP contribution in [0, 0.1) is 22.6 Å². The minimum absolute atomic E-state index is 0.0405. The average Bonchev–Trinajstić information content (AvgIpc) is 3.37. The highest BCUT2D eigenvalue weighted by atomic mass is 32.1. The maximum absolute atomic E-state index is 14.6. The predicted octanol–water partition coefficient (Wildman–Crippen LogP) is 4.47. The van der Waals surface area contributed by atoms with Crippen molar-refractivity contribution in [2.24, 2.45) is 0 Å². The van der Waals surface area contributed by atoms with E-state index in [0.29, 0.717) is 40.4 Å². The maximum atomic E-state index is 14.6. The molecular formula is C29H32FN5O2S. The van der Waals surface area contributed by atoms with Crippen molar-refractivity contribution >= 4 is 28.5 Å². The van der Waals surface area contributed by atoms with Crippen molar-refractivity contribution in [1.29, 1.82) is 10.7 Å². The molecule has 0 saturated carbocycles. The number of rotatable bonds is 7. The Labute approximate surface area is 226 Å². The number of likely N-dealkylation sites (tertiary alicyclic amines) is 1. The van der Waals surface area contributed by atoms with Crippen LogP contribution in [0.25, 0.3) is 16.7 Å². The maximum Gasteiger partial charge on any atom is 0.264 e. The van der Waals surface area contributed by atoms with Crippen molar-refractivity contribution in [3.05, 3.63) is 75.4 Å². The SMILES string of the molecule is CNC1CCCN(C(=O)c2cc(-c3ccc(C#N)c(F)c3)c(C3=C/C(=C/NC(C)(C)CO)C(=N)C=C3)s2)C1. The molecule has 1 aliphatic heterocycles. The molecule has 1 amide bonds. The molecule has 2 heterocycles. The first-order chi connectivity index (χ1) is 18.2. The molecule has 1 atom stereocenters. The van der Waals surface area contributed by atoms with Crippen molar-refractivity contribution in [1.82, 2.24) is 15.5 Å². The fourth-order valence-electron chi connectivity index (χ4n) is 4.39. The van der Waals surface area contributed by atoms with Gasteiger partial charge in [0.05, 0.1) is 28.3 Å². The molecule has 2 aliphatic rings. The zero-order chi connectivity index (χ0) is 27.4. The minimum Gasteiger partial charge on any atom is -0.394 e. The van der Waals surface area contributed by atoms with Crippen molar-refractivity contribution in [3.63, 3.8) is 0 Å². The van der Waals surface area contributed by atoms with Crippen LogP contribution in [-0.2, 0) is 0 Å². The molecular weight excluding hydrogens is 501 g/mol. The van der Waals surface area contributed by atoms with Gasteiger partial charge in [0, 0.05) is 41.3 Å². The Bertz CT molecular complexity index is 1380. The van der Waals surface area contributed by atoms with Crippen molar-refractivity contribution in [3.8, 4) is 17.2 Å². The smallest absolute Gasteiger partial charge is 0.264 e. The van der Waals surface area contributed by atoms with E-state index in [-0.39, 0.29) is 24.1 Å². The summed E-state index contributed by atoms with van der Waals surface area (Å²) in [6.07, 6.45) is 8.99. The second-order valence-electron chi connectivity index (χ2n) is 10.2. The highest BCUT2D eigenvalue weighted by molar-refractivity contribution is 7.15. The summed E-state index contributed by atoms with van der Waals surface area (Å²) in [6.45, 7) is 4.94. The Hall–Kier alpha value is -3.58. The Morgan fingerprint density at radius 3 is 2.84 bits per heavy atom. The Morgan fingerprint density at radius 1 is 1.37 bits per heavy atom. The summed E-state index contributed by atoms with van der Waals surface area (Å²) >= 11 is 1.34.